The van der Waals surface area contributed by atoms with Crippen molar-refractivity contribution < 1.29 is 12.8 Å². The molecule has 2 aromatic heterocycles. The first-order valence-corrected chi connectivity index (χ1v) is 9.33. The minimum Gasteiger partial charge on any atom is -0.423 e. The Hall–Kier alpha value is -3.19. The molecule has 0 amide bonds. The second kappa shape index (κ2) is 5.96. The molecule has 7 heteroatoms. The summed E-state index contributed by atoms with van der Waals surface area (Å²) in [4.78, 5) is 15.6. The quantitative estimate of drug-likeness (QED) is 0.561. The molecule has 0 unspecified atom stereocenters. The molecular weight excluding hydrogens is 352 g/mol. The summed E-state index contributed by atoms with van der Waals surface area (Å²) < 4.78 is 33.5. The van der Waals surface area contributed by atoms with Crippen LogP contribution in [0.5, 0.6) is 0 Å². The largest absolute Gasteiger partial charge is 0.423 e. The second-order valence-corrected chi connectivity index (χ2v) is 7.51. The van der Waals surface area contributed by atoms with Gasteiger partial charge in [-0.25, -0.2) is 13.2 Å². The number of fused-ring (bicyclic) bond motifs is 2. The smallest absolute Gasteiger partial charge is 0.336 e. The minimum absolute atomic E-state index is 0.181. The van der Waals surface area contributed by atoms with Gasteiger partial charge in [-0.05, 0) is 43.3 Å². The number of anilines is 1. The monoisotopic (exact) mass is 366 g/mol. The molecule has 0 saturated carbocycles. The normalized spacial score (nSPS) is 11.7. The number of benzene rings is 2. The van der Waals surface area contributed by atoms with E-state index in [1.54, 1.807) is 48.7 Å². The summed E-state index contributed by atoms with van der Waals surface area (Å²) in [5.74, 6) is 0. The molecule has 0 saturated heterocycles. The van der Waals surface area contributed by atoms with Crippen molar-refractivity contribution in [3.63, 3.8) is 0 Å². The van der Waals surface area contributed by atoms with Crippen LogP contribution in [-0.2, 0) is 10.0 Å². The van der Waals surface area contributed by atoms with Crippen LogP contribution in [0.2, 0.25) is 0 Å². The van der Waals surface area contributed by atoms with E-state index in [-0.39, 0.29) is 4.90 Å². The van der Waals surface area contributed by atoms with Gasteiger partial charge in [-0.15, -0.1) is 0 Å². The maximum absolute atomic E-state index is 12.9. The predicted molar refractivity (Wildman–Crippen MR) is 99.8 cm³/mol. The minimum atomic E-state index is -3.80. The van der Waals surface area contributed by atoms with E-state index in [1.165, 1.54) is 6.07 Å². The number of rotatable bonds is 3. The summed E-state index contributed by atoms with van der Waals surface area (Å²) in [6, 6.07) is 14.4. The topological polar surface area (TPSA) is 89.3 Å². The average Bonchev–Trinajstić information content (AvgIpc) is 2.61. The Morgan fingerprint density at radius 3 is 2.69 bits per heavy atom. The highest BCUT2D eigenvalue weighted by Crippen LogP contribution is 2.27. The van der Waals surface area contributed by atoms with Gasteiger partial charge >= 0.3 is 5.63 Å². The molecule has 0 fully saturated rings. The first kappa shape index (κ1) is 16.3. The van der Waals surface area contributed by atoms with Crippen molar-refractivity contribution in [3.05, 3.63) is 76.9 Å². The van der Waals surface area contributed by atoms with Crippen molar-refractivity contribution in [2.75, 3.05) is 4.72 Å². The Bertz CT molecular complexity index is 1310. The first-order valence-electron chi connectivity index (χ1n) is 7.85. The SMILES string of the molecule is Cc1nccc2c(S(=O)(=O)Nc3ccc4oc(=O)ccc4c3)cccc12. The van der Waals surface area contributed by atoms with Crippen molar-refractivity contribution in [1.82, 2.24) is 4.98 Å². The van der Waals surface area contributed by atoms with Crippen LogP contribution < -0.4 is 10.3 Å². The highest BCUT2D eigenvalue weighted by molar-refractivity contribution is 7.93. The van der Waals surface area contributed by atoms with E-state index in [2.05, 4.69) is 9.71 Å². The van der Waals surface area contributed by atoms with Crippen molar-refractivity contribution in [1.29, 1.82) is 0 Å². The van der Waals surface area contributed by atoms with Crippen LogP contribution >= 0.6 is 0 Å². The van der Waals surface area contributed by atoms with E-state index in [0.29, 0.717) is 22.0 Å². The van der Waals surface area contributed by atoms with E-state index in [9.17, 15) is 13.2 Å². The van der Waals surface area contributed by atoms with Crippen molar-refractivity contribution >= 4 is 37.5 Å². The fourth-order valence-corrected chi connectivity index (χ4v) is 4.18. The summed E-state index contributed by atoms with van der Waals surface area (Å²) in [6.45, 7) is 1.84. The van der Waals surface area contributed by atoms with E-state index in [4.69, 9.17) is 4.42 Å². The number of aromatic nitrogens is 1. The molecule has 2 heterocycles. The standard InChI is InChI=1S/C19H14N2O4S/c1-12-15-3-2-4-18(16(15)9-10-20-12)26(23,24)21-14-6-7-17-13(11-14)5-8-19(22)25-17/h2-11,21H,1H3. The van der Waals surface area contributed by atoms with Crippen molar-refractivity contribution in [2.45, 2.75) is 11.8 Å². The van der Waals surface area contributed by atoms with Gasteiger partial charge in [0.25, 0.3) is 10.0 Å². The number of hydrogen-bond acceptors (Lipinski definition) is 5. The van der Waals surface area contributed by atoms with Gasteiger partial charge in [0, 0.05) is 39.8 Å². The first-order chi connectivity index (χ1) is 12.4. The van der Waals surface area contributed by atoms with Gasteiger partial charge in [-0.1, -0.05) is 12.1 Å². The number of sulfonamides is 1. The lowest BCUT2D eigenvalue weighted by Crippen LogP contribution is -2.13. The van der Waals surface area contributed by atoms with Crippen LogP contribution in [0.3, 0.4) is 0 Å². The molecule has 4 aromatic rings. The van der Waals surface area contributed by atoms with Crippen LogP contribution in [0.25, 0.3) is 21.7 Å². The zero-order valence-electron chi connectivity index (χ0n) is 13.8. The van der Waals surface area contributed by atoms with Crippen molar-refractivity contribution in [2.24, 2.45) is 0 Å². The van der Waals surface area contributed by atoms with Crippen LogP contribution in [-0.4, -0.2) is 13.4 Å². The molecule has 0 spiro atoms. The summed E-state index contributed by atoms with van der Waals surface area (Å²) in [7, 11) is -3.80. The van der Waals surface area contributed by atoms with Crippen LogP contribution in [0.4, 0.5) is 5.69 Å². The Morgan fingerprint density at radius 2 is 1.85 bits per heavy atom. The third-order valence-electron chi connectivity index (χ3n) is 4.13. The zero-order valence-corrected chi connectivity index (χ0v) is 14.6. The Labute approximate surface area is 149 Å². The van der Waals surface area contributed by atoms with Gasteiger partial charge < -0.3 is 4.42 Å². The lowest BCUT2D eigenvalue weighted by molar-refractivity contribution is 0.561. The maximum Gasteiger partial charge on any atom is 0.336 e. The molecule has 4 rings (SSSR count). The van der Waals surface area contributed by atoms with Crippen LogP contribution in [0, 0.1) is 6.92 Å². The summed E-state index contributed by atoms with van der Waals surface area (Å²) >= 11 is 0. The summed E-state index contributed by atoms with van der Waals surface area (Å²) in [6.07, 6.45) is 1.59. The van der Waals surface area contributed by atoms with E-state index < -0.39 is 15.6 Å². The molecule has 0 aliphatic rings. The molecular formula is C19H14N2O4S. The van der Waals surface area contributed by atoms with Crippen LogP contribution in [0.1, 0.15) is 5.69 Å². The molecule has 2 aromatic carbocycles. The Morgan fingerprint density at radius 1 is 1.00 bits per heavy atom. The van der Waals surface area contributed by atoms with Crippen LogP contribution in [0.15, 0.2) is 74.9 Å². The third kappa shape index (κ3) is 2.82. The predicted octanol–water partition coefficient (Wildman–Crippen LogP) is 3.45. The van der Waals surface area contributed by atoms with E-state index >= 15 is 0 Å². The Balaban J connectivity index is 1.80. The molecule has 0 atom stereocenters. The molecule has 0 radical (unpaired) electrons. The number of nitrogens with zero attached hydrogens (tertiary/aromatic N) is 1. The number of aryl methyl sites for hydroxylation is 1. The van der Waals surface area contributed by atoms with Crippen molar-refractivity contribution in [3.8, 4) is 0 Å². The molecule has 130 valence electrons. The maximum atomic E-state index is 12.9. The van der Waals surface area contributed by atoms with E-state index in [0.717, 1.165) is 11.1 Å². The van der Waals surface area contributed by atoms with Gasteiger partial charge in [0.15, 0.2) is 0 Å². The highest BCUT2D eigenvalue weighted by Gasteiger charge is 2.18. The third-order valence-corrected chi connectivity index (χ3v) is 5.57. The zero-order chi connectivity index (χ0) is 18.3. The van der Waals surface area contributed by atoms with Gasteiger partial charge in [0.05, 0.1) is 4.90 Å². The second-order valence-electron chi connectivity index (χ2n) is 5.86. The van der Waals surface area contributed by atoms with Gasteiger partial charge in [0.2, 0.25) is 0 Å². The molecule has 0 aliphatic heterocycles. The van der Waals surface area contributed by atoms with Gasteiger partial charge in [0.1, 0.15) is 5.58 Å². The number of nitrogens with one attached hydrogen (secondary N) is 1. The van der Waals surface area contributed by atoms with E-state index in [1.807, 2.05) is 13.0 Å². The lowest BCUT2D eigenvalue weighted by Gasteiger charge is -2.11. The number of pyridine rings is 1. The molecule has 0 bridgehead atoms. The molecule has 0 aliphatic carbocycles. The highest BCUT2D eigenvalue weighted by atomic mass is 32.2. The van der Waals surface area contributed by atoms with Gasteiger partial charge in [-0.2, -0.15) is 0 Å². The average molecular weight is 366 g/mol. The Kier molecular flexibility index (Phi) is 3.73. The fourth-order valence-electron chi connectivity index (χ4n) is 2.90. The molecule has 1 N–H and O–H groups in total. The molecule has 6 nitrogen and oxygen atoms in total. The van der Waals surface area contributed by atoms with Gasteiger partial charge in [-0.3, -0.25) is 9.71 Å². The molecule has 26 heavy (non-hydrogen) atoms. The fraction of sp³-hybridized carbons (Fsp3) is 0.0526. The number of hydrogen-bond donors (Lipinski definition) is 1. The lowest BCUT2D eigenvalue weighted by atomic mass is 10.1. The summed E-state index contributed by atoms with van der Waals surface area (Å²) in [5.41, 5.74) is 1.09. The summed E-state index contributed by atoms with van der Waals surface area (Å²) in [5, 5.41) is 2.03.